The van der Waals surface area contributed by atoms with Crippen molar-refractivity contribution in [3.63, 3.8) is 0 Å². The predicted molar refractivity (Wildman–Crippen MR) is 45.6 cm³/mol. The molecule has 2 heterocycles. The number of imidazole rings is 1. The average molecular weight is 181 g/mol. The lowest BCUT2D eigenvalue weighted by Gasteiger charge is -2.21. The van der Waals surface area contributed by atoms with Crippen LogP contribution < -0.4 is 5.32 Å². The highest BCUT2D eigenvalue weighted by Crippen LogP contribution is 2.15. The van der Waals surface area contributed by atoms with Crippen molar-refractivity contribution < 1.29 is 9.90 Å². The number of carboxylic acid groups (broad SMARTS) is 1. The van der Waals surface area contributed by atoms with Gasteiger partial charge in [-0.25, -0.2) is 9.78 Å². The van der Waals surface area contributed by atoms with E-state index in [9.17, 15) is 4.79 Å². The highest BCUT2D eigenvalue weighted by Gasteiger charge is 2.19. The van der Waals surface area contributed by atoms with E-state index in [-0.39, 0.29) is 11.7 Å². The molecule has 70 valence electrons. The summed E-state index contributed by atoms with van der Waals surface area (Å²) in [6.07, 6.45) is 1.60. The molecule has 0 spiro atoms. The summed E-state index contributed by atoms with van der Waals surface area (Å²) in [4.78, 5) is 14.6. The third-order valence-corrected chi connectivity index (χ3v) is 2.23. The zero-order chi connectivity index (χ0) is 9.42. The largest absolute Gasteiger partial charge is 0.476 e. The van der Waals surface area contributed by atoms with Gasteiger partial charge in [0.15, 0.2) is 5.69 Å². The molecule has 0 bridgehead atoms. The van der Waals surface area contributed by atoms with E-state index in [2.05, 4.69) is 10.3 Å². The van der Waals surface area contributed by atoms with Gasteiger partial charge in [-0.2, -0.15) is 0 Å². The van der Waals surface area contributed by atoms with Gasteiger partial charge in [0.05, 0.1) is 6.54 Å². The molecule has 2 rings (SSSR count). The van der Waals surface area contributed by atoms with Gasteiger partial charge in [-0.1, -0.05) is 0 Å². The second-order valence-corrected chi connectivity index (χ2v) is 3.23. The van der Waals surface area contributed by atoms with Gasteiger partial charge < -0.3 is 15.0 Å². The van der Waals surface area contributed by atoms with Crippen molar-refractivity contribution in [3.8, 4) is 0 Å². The molecule has 5 heteroatoms. The van der Waals surface area contributed by atoms with E-state index in [1.807, 2.05) is 11.5 Å². The third kappa shape index (κ3) is 1.31. The molecule has 0 saturated carbocycles. The number of hydrogen-bond donors (Lipinski definition) is 2. The number of nitrogens with zero attached hydrogens (tertiary/aromatic N) is 2. The second kappa shape index (κ2) is 2.85. The number of aromatic carboxylic acids is 1. The molecule has 0 aliphatic carbocycles. The Kier molecular flexibility index (Phi) is 1.81. The van der Waals surface area contributed by atoms with E-state index in [0.717, 1.165) is 12.4 Å². The van der Waals surface area contributed by atoms with Gasteiger partial charge in [-0.05, 0) is 6.92 Å². The van der Waals surface area contributed by atoms with E-state index in [4.69, 9.17) is 5.11 Å². The van der Waals surface area contributed by atoms with Crippen molar-refractivity contribution in [1.82, 2.24) is 14.9 Å². The Labute approximate surface area is 75.4 Å². The van der Waals surface area contributed by atoms with Gasteiger partial charge in [0, 0.05) is 18.8 Å². The van der Waals surface area contributed by atoms with Crippen molar-refractivity contribution in [3.05, 3.63) is 17.7 Å². The van der Waals surface area contributed by atoms with Crippen LogP contribution in [0.5, 0.6) is 0 Å². The van der Waals surface area contributed by atoms with E-state index in [1.165, 1.54) is 0 Å². The Morgan fingerprint density at radius 2 is 2.62 bits per heavy atom. The molecular weight excluding hydrogens is 170 g/mol. The minimum absolute atomic E-state index is 0.130. The SMILES string of the molecule is CC1CNCc2nc(C(=O)O)cn21. The Balaban J connectivity index is 2.42. The van der Waals surface area contributed by atoms with Gasteiger partial charge in [0.1, 0.15) is 5.82 Å². The Bertz CT molecular complexity index is 345. The lowest BCUT2D eigenvalue weighted by atomic mass is 10.3. The van der Waals surface area contributed by atoms with Crippen molar-refractivity contribution in [2.75, 3.05) is 6.54 Å². The molecule has 1 aromatic heterocycles. The van der Waals surface area contributed by atoms with Crippen LogP contribution in [0.15, 0.2) is 6.20 Å². The smallest absolute Gasteiger partial charge is 0.356 e. The number of carbonyl (C=O) groups is 1. The molecule has 0 aromatic carbocycles. The molecule has 1 aliphatic rings. The van der Waals surface area contributed by atoms with Gasteiger partial charge in [-0.15, -0.1) is 0 Å². The van der Waals surface area contributed by atoms with E-state index in [0.29, 0.717) is 6.54 Å². The number of fused-ring (bicyclic) bond motifs is 1. The number of nitrogens with one attached hydrogen (secondary N) is 1. The van der Waals surface area contributed by atoms with Gasteiger partial charge in [-0.3, -0.25) is 0 Å². The first-order valence-electron chi connectivity index (χ1n) is 4.20. The van der Waals surface area contributed by atoms with Crippen molar-refractivity contribution in [1.29, 1.82) is 0 Å². The second-order valence-electron chi connectivity index (χ2n) is 3.23. The number of rotatable bonds is 1. The molecule has 1 aromatic rings. The number of hydrogen-bond acceptors (Lipinski definition) is 3. The topological polar surface area (TPSA) is 67.2 Å². The first kappa shape index (κ1) is 8.25. The zero-order valence-corrected chi connectivity index (χ0v) is 7.32. The third-order valence-electron chi connectivity index (χ3n) is 2.23. The maximum absolute atomic E-state index is 10.6. The molecule has 13 heavy (non-hydrogen) atoms. The van der Waals surface area contributed by atoms with E-state index >= 15 is 0 Å². The molecule has 0 radical (unpaired) electrons. The van der Waals surface area contributed by atoms with Crippen molar-refractivity contribution in [2.45, 2.75) is 19.5 Å². The van der Waals surface area contributed by atoms with Crippen molar-refractivity contribution in [2.24, 2.45) is 0 Å². The van der Waals surface area contributed by atoms with Gasteiger partial charge in [0.2, 0.25) is 0 Å². The highest BCUT2D eigenvalue weighted by atomic mass is 16.4. The lowest BCUT2D eigenvalue weighted by molar-refractivity contribution is 0.0691. The quantitative estimate of drug-likeness (QED) is 0.651. The molecule has 1 aliphatic heterocycles. The van der Waals surface area contributed by atoms with Gasteiger partial charge >= 0.3 is 5.97 Å². The molecule has 2 N–H and O–H groups in total. The van der Waals surface area contributed by atoms with Crippen LogP contribution in [-0.4, -0.2) is 27.2 Å². The predicted octanol–water partition coefficient (Wildman–Crippen LogP) is 0.245. The summed E-state index contributed by atoms with van der Waals surface area (Å²) in [7, 11) is 0. The van der Waals surface area contributed by atoms with Crippen molar-refractivity contribution >= 4 is 5.97 Å². The lowest BCUT2D eigenvalue weighted by Crippen LogP contribution is -2.31. The summed E-state index contributed by atoms with van der Waals surface area (Å²) in [5.74, 6) is -0.162. The normalized spacial score (nSPS) is 21.2. The average Bonchev–Trinajstić information content (AvgIpc) is 2.49. The number of carboxylic acids is 1. The molecule has 0 fully saturated rings. The van der Waals surface area contributed by atoms with E-state index < -0.39 is 5.97 Å². The Morgan fingerprint density at radius 1 is 1.85 bits per heavy atom. The minimum Gasteiger partial charge on any atom is -0.476 e. The fourth-order valence-electron chi connectivity index (χ4n) is 1.54. The maximum Gasteiger partial charge on any atom is 0.356 e. The number of aromatic nitrogens is 2. The molecule has 1 unspecified atom stereocenters. The molecule has 0 saturated heterocycles. The first-order valence-corrected chi connectivity index (χ1v) is 4.20. The van der Waals surface area contributed by atoms with Crippen LogP contribution in [0.25, 0.3) is 0 Å². The van der Waals surface area contributed by atoms with Crippen LogP contribution in [0.4, 0.5) is 0 Å². The summed E-state index contributed by atoms with van der Waals surface area (Å²) >= 11 is 0. The van der Waals surface area contributed by atoms with Crippen LogP contribution in [-0.2, 0) is 6.54 Å². The van der Waals surface area contributed by atoms with Crippen LogP contribution in [0.2, 0.25) is 0 Å². The van der Waals surface area contributed by atoms with Gasteiger partial charge in [0.25, 0.3) is 0 Å². The summed E-state index contributed by atoms with van der Waals surface area (Å²) in [5.41, 5.74) is 0.130. The minimum atomic E-state index is -0.964. The first-order chi connectivity index (χ1) is 6.18. The molecule has 5 nitrogen and oxygen atoms in total. The Morgan fingerprint density at radius 3 is 3.23 bits per heavy atom. The maximum atomic E-state index is 10.6. The fourth-order valence-corrected chi connectivity index (χ4v) is 1.54. The molecular formula is C8H11N3O2. The standard InChI is InChI=1S/C8H11N3O2/c1-5-2-9-3-7-10-6(8(12)13)4-11(5)7/h4-5,9H,2-3H2,1H3,(H,12,13). The van der Waals surface area contributed by atoms with Crippen LogP contribution in [0, 0.1) is 0 Å². The summed E-state index contributed by atoms with van der Waals surface area (Å²) in [6, 6.07) is 0.282. The van der Waals surface area contributed by atoms with Crippen LogP contribution in [0.3, 0.4) is 0 Å². The highest BCUT2D eigenvalue weighted by molar-refractivity contribution is 5.85. The monoisotopic (exact) mass is 181 g/mol. The molecule has 0 amide bonds. The Hall–Kier alpha value is -1.36. The van der Waals surface area contributed by atoms with E-state index in [1.54, 1.807) is 6.20 Å². The summed E-state index contributed by atoms with van der Waals surface area (Å²) in [5, 5.41) is 11.9. The summed E-state index contributed by atoms with van der Waals surface area (Å²) < 4.78 is 1.92. The molecule has 1 atom stereocenters. The summed E-state index contributed by atoms with van der Waals surface area (Å²) in [6.45, 7) is 3.54. The van der Waals surface area contributed by atoms with Crippen LogP contribution in [0.1, 0.15) is 29.3 Å². The zero-order valence-electron chi connectivity index (χ0n) is 7.32. The fraction of sp³-hybridized carbons (Fsp3) is 0.500. The van der Waals surface area contributed by atoms with Crippen LogP contribution >= 0.6 is 0 Å².